The van der Waals surface area contributed by atoms with E-state index < -0.39 is 5.60 Å². The molecule has 0 amide bonds. The van der Waals surface area contributed by atoms with Crippen LogP contribution in [0.1, 0.15) is 37.6 Å². The number of hydrogen-bond donors (Lipinski definition) is 0. The number of carbonyl (C=O) groups excluding carboxylic acids is 1. The van der Waals surface area contributed by atoms with Crippen molar-refractivity contribution >= 4 is 5.78 Å². The summed E-state index contributed by atoms with van der Waals surface area (Å²) in [7, 11) is 0. The minimum atomic E-state index is -0.447. The molecule has 1 aromatic rings. The highest BCUT2D eigenvalue weighted by atomic mass is 16.5. The van der Waals surface area contributed by atoms with E-state index in [1.165, 1.54) is 0 Å². The van der Waals surface area contributed by atoms with Crippen LogP contribution >= 0.6 is 0 Å². The Labute approximate surface area is 95.4 Å². The average Bonchev–Trinajstić information content (AvgIpc) is 2.18. The second-order valence-electron chi connectivity index (χ2n) is 4.53. The maximum atomic E-state index is 11.9. The number of ether oxygens (including phenoxy) is 2. The zero-order valence-corrected chi connectivity index (χ0v) is 9.87. The van der Waals surface area contributed by atoms with Gasteiger partial charge in [-0.05, 0) is 32.9 Å². The van der Waals surface area contributed by atoms with Crippen LogP contribution in [0.25, 0.3) is 0 Å². The van der Waals surface area contributed by atoms with Gasteiger partial charge >= 0.3 is 0 Å². The van der Waals surface area contributed by atoms with Crippen LogP contribution in [0.3, 0.4) is 0 Å². The van der Waals surface area contributed by atoms with E-state index in [9.17, 15) is 4.79 Å². The minimum Gasteiger partial charge on any atom is -0.490 e. The van der Waals surface area contributed by atoms with Crippen LogP contribution in [0.2, 0.25) is 0 Å². The highest BCUT2D eigenvalue weighted by molar-refractivity contribution is 6.01. The number of carbonyl (C=O) groups is 1. The Hall–Kier alpha value is -1.51. The molecule has 0 atom stereocenters. The van der Waals surface area contributed by atoms with Crippen molar-refractivity contribution in [1.29, 1.82) is 0 Å². The van der Waals surface area contributed by atoms with Crippen molar-refractivity contribution in [2.45, 2.75) is 32.8 Å². The zero-order chi connectivity index (χ0) is 11.8. The Kier molecular flexibility index (Phi) is 2.62. The molecule has 1 heterocycles. The Morgan fingerprint density at radius 3 is 2.88 bits per heavy atom. The fourth-order valence-electron chi connectivity index (χ4n) is 1.90. The lowest BCUT2D eigenvalue weighted by Gasteiger charge is -2.32. The van der Waals surface area contributed by atoms with Crippen LogP contribution in [-0.4, -0.2) is 18.0 Å². The predicted octanol–water partition coefficient (Wildman–Crippen LogP) is 2.83. The fraction of sp³-hybridized carbons (Fsp3) is 0.462. The summed E-state index contributed by atoms with van der Waals surface area (Å²) in [5.74, 6) is 1.36. The van der Waals surface area contributed by atoms with Gasteiger partial charge < -0.3 is 9.47 Å². The van der Waals surface area contributed by atoms with Crippen LogP contribution in [0, 0.1) is 0 Å². The largest absolute Gasteiger partial charge is 0.490 e. The summed E-state index contributed by atoms with van der Waals surface area (Å²) in [6.07, 6.45) is 0.412. The van der Waals surface area contributed by atoms with E-state index in [0.717, 1.165) is 0 Å². The molecule has 0 fully saturated rings. The Balaban J connectivity index is 2.48. The maximum Gasteiger partial charge on any atom is 0.172 e. The smallest absolute Gasteiger partial charge is 0.172 e. The maximum absolute atomic E-state index is 11.9. The molecule has 0 N–H and O–H groups in total. The normalized spacial score (nSPS) is 17.6. The fourth-order valence-corrected chi connectivity index (χ4v) is 1.90. The van der Waals surface area contributed by atoms with Crippen molar-refractivity contribution in [1.82, 2.24) is 0 Å². The van der Waals surface area contributed by atoms with Crippen molar-refractivity contribution in [3.05, 3.63) is 23.8 Å². The van der Waals surface area contributed by atoms with Crippen molar-refractivity contribution in [2.75, 3.05) is 6.61 Å². The standard InChI is InChI=1S/C13H16O3/c1-4-15-11-7-5-6-9-10(14)8-13(2,3)16-12(9)11/h5-7H,4,8H2,1-3H3. The second kappa shape index (κ2) is 3.81. The molecular weight excluding hydrogens is 204 g/mol. The van der Waals surface area contributed by atoms with Crippen molar-refractivity contribution in [3.8, 4) is 11.5 Å². The Bertz CT molecular complexity index is 421. The number of ketones is 1. The summed E-state index contributed by atoms with van der Waals surface area (Å²) in [6, 6.07) is 5.44. The number of para-hydroxylation sites is 1. The molecule has 1 aliphatic heterocycles. The number of hydrogen-bond acceptors (Lipinski definition) is 3. The van der Waals surface area contributed by atoms with Crippen LogP contribution < -0.4 is 9.47 Å². The molecule has 0 bridgehead atoms. The predicted molar refractivity (Wildman–Crippen MR) is 61.3 cm³/mol. The molecule has 3 heteroatoms. The van der Waals surface area contributed by atoms with E-state index in [0.29, 0.717) is 30.1 Å². The third-order valence-electron chi connectivity index (χ3n) is 2.54. The summed E-state index contributed by atoms with van der Waals surface area (Å²) in [5, 5.41) is 0. The molecule has 0 spiro atoms. The molecule has 0 saturated heterocycles. The van der Waals surface area contributed by atoms with E-state index in [4.69, 9.17) is 9.47 Å². The van der Waals surface area contributed by atoms with Crippen LogP contribution in [0.4, 0.5) is 0 Å². The van der Waals surface area contributed by atoms with Crippen LogP contribution in [0.15, 0.2) is 18.2 Å². The molecule has 0 aliphatic carbocycles. The third-order valence-corrected chi connectivity index (χ3v) is 2.54. The Morgan fingerprint density at radius 2 is 2.19 bits per heavy atom. The molecule has 0 radical (unpaired) electrons. The van der Waals surface area contributed by atoms with Crippen molar-refractivity contribution in [2.24, 2.45) is 0 Å². The number of Topliss-reactive ketones (excluding diaryl/α,β-unsaturated/α-hetero) is 1. The molecule has 16 heavy (non-hydrogen) atoms. The van der Waals surface area contributed by atoms with Gasteiger partial charge in [0.1, 0.15) is 5.60 Å². The van der Waals surface area contributed by atoms with Gasteiger partial charge in [0.15, 0.2) is 17.3 Å². The molecular formula is C13H16O3. The first kappa shape index (κ1) is 11.0. The van der Waals surface area contributed by atoms with E-state index >= 15 is 0 Å². The van der Waals surface area contributed by atoms with Gasteiger partial charge in [-0.25, -0.2) is 0 Å². The van der Waals surface area contributed by atoms with Gasteiger partial charge in [0.2, 0.25) is 0 Å². The third kappa shape index (κ3) is 1.90. The van der Waals surface area contributed by atoms with Gasteiger partial charge in [-0.2, -0.15) is 0 Å². The second-order valence-corrected chi connectivity index (χ2v) is 4.53. The summed E-state index contributed by atoms with van der Waals surface area (Å²) >= 11 is 0. The minimum absolute atomic E-state index is 0.118. The van der Waals surface area contributed by atoms with E-state index in [-0.39, 0.29) is 5.78 Å². The molecule has 0 aromatic heterocycles. The first-order valence-electron chi connectivity index (χ1n) is 5.51. The van der Waals surface area contributed by atoms with Crippen LogP contribution in [0.5, 0.6) is 11.5 Å². The highest BCUT2D eigenvalue weighted by Gasteiger charge is 2.34. The van der Waals surface area contributed by atoms with Crippen molar-refractivity contribution in [3.63, 3.8) is 0 Å². The molecule has 86 valence electrons. The number of benzene rings is 1. The molecule has 3 nitrogen and oxygen atoms in total. The molecule has 2 rings (SSSR count). The lowest BCUT2D eigenvalue weighted by atomic mass is 9.93. The van der Waals surface area contributed by atoms with Gasteiger partial charge in [-0.15, -0.1) is 0 Å². The van der Waals surface area contributed by atoms with Gasteiger partial charge in [0.25, 0.3) is 0 Å². The first-order valence-corrected chi connectivity index (χ1v) is 5.51. The topological polar surface area (TPSA) is 35.5 Å². The van der Waals surface area contributed by atoms with E-state index in [1.807, 2.05) is 32.9 Å². The molecule has 0 unspecified atom stereocenters. The van der Waals surface area contributed by atoms with E-state index in [2.05, 4.69) is 0 Å². The van der Waals surface area contributed by atoms with Gasteiger partial charge in [-0.3, -0.25) is 4.79 Å². The van der Waals surface area contributed by atoms with Crippen molar-refractivity contribution < 1.29 is 14.3 Å². The SMILES string of the molecule is CCOc1cccc2c1OC(C)(C)CC2=O. The summed E-state index contributed by atoms with van der Waals surface area (Å²) < 4.78 is 11.3. The molecule has 1 aliphatic rings. The van der Waals surface area contributed by atoms with Gasteiger partial charge in [-0.1, -0.05) is 6.07 Å². The highest BCUT2D eigenvalue weighted by Crippen LogP contribution is 2.39. The van der Waals surface area contributed by atoms with Gasteiger partial charge in [0.05, 0.1) is 18.6 Å². The summed E-state index contributed by atoms with van der Waals surface area (Å²) in [5.41, 5.74) is 0.183. The van der Waals surface area contributed by atoms with Gasteiger partial charge in [0, 0.05) is 0 Å². The van der Waals surface area contributed by atoms with E-state index in [1.54, 1.807) is 6.07 Å². The number of fused-ring (bicyclic) bond motifs is 1. The molecule has 0 saturated carbocycles. The lowest BCUT2D eigenvalue weighted by molar-refractivity contribution is 0.0597. The van der Waals surface area contributed by atoms with Crippen LogP contribution in [-0.2, 0) is 0 Å². The quantitative estimate of drug-likeness (QED) is 0.768. The monoisotopic (exact) mass is 220 g/mol. The number of rotatable bonds is 2. The zero-order valence-electron chi connectivity index (χ0n) is 9.87. The lowest BCUT2D eigenvalue weighted by Crippen LogP contribution is -2.36. The molecule has 1 aromatic carbocycles. The summed E-state index contributed by atoms with van der Waals surface area (Å²) in [4.78, 5) is 11.9. The Morgan fingerprint density at radius 1 is 1.44 bits per heavy atom. The first-order chi connectivity index (χ1) is 7.53. The average molecular weight is 220 g/mol. The summed E-state index contributed by atoms with van der Waals surface area (Å²) in [6.45, 7) is 6.30.